The summed E-state index contributed by atoms with van der Waals surface area (Å²) in [6, 6.07) is 9.12. The Hall–Kier alpha value is -1.35. The van der Waals surface area contributed by atoms with Crippen molar-refractivity contribution >= 4 is 13.3 Å². The van der Waals surface area contributed by atoms with E-state index in [2.05, 4.69) is 73.5 Å². The van der Waals surface area contributed by atoms with Crippen LogP contribution in [-0.4, -0.2) is 17.6 Å². The van der Waals surface area contributed by atoms with Gasteiger partial charge in [0.1, 0.15) is 5.82 Å². The molecule has 2 rings (SSSR count). The van der Waals surface area contributed by atoms with Crippen molar-refractivity contribution < 1.29 is 0 Å². The first kappa shape index (κ1) is 14.1. The molecule has 0 bridgehead atoms. The minimum Gasteiger partial charge on any atom is -0.330 e. The molecule has 0 amide bonds. The van der Waals surface area contributed by atoms with Crippen molar-refractivity contribution in [1.82, 2.24) is 9.55 Å². The van der Waals surface area contributed by atoms with Crippen LogP contribution < -0.4 is 5.19 Å². The molecule has 0 N–H and O–H groups in total. The lowest BCUT2D eigenvalue weighted by Crippen LogP contribution is -2.37. The number of imidazole rings is 1. The van der Waals surface area contributed by atoms with E-state index in [1.807, 2.05) is 6.20 Å². The first-order valence-corrected chi connectivity index (χ1v) is 10.5. The van der Waals surface area contributed by atoms with Gasteiger partial charge in [-0.1, -0.05) is 62.9 Å². The molecule has 2 aromatic rings. The van der Waals surface area contributed by atoms with E-state index in [4.69, 9.17) is 0 Å². The van der Waals surface area contributed by atoms with Crippen molar-refractivity contribution in [3.8, 4) is 0 Å². The molecule has 0 spiro atoms. The van der Waals surface area contributed by atoms with Gasteiger partial charge < -0.3 is 4.57 Å². The summed E-state index contributed by atoms with van der Waals surface area (Å²) in [5, 5.41) is 1.52. The third-order valence-corrected chi connectivity index (χ3v) is 5.50. The fourth-order valence-electron chi connectivity index (χ4n) is 2.26. The van der Waals surface area contributed by atoms with E-state index in [1.54, 1.807) is 0 Å². The Balaban J connectivity index is 2.18. The molecule has 0 radical (unpaired) electrons. The van der Waals surface area contributed by atoms with Gasteiger partial charge in [0.2, 0.25) is 0 Å². The lowest BCUT2D eigenvalue weighted by Gasteiger charge is -2.17. The second-order valence-electron chi connectivity index (χ2n) is 6.51. The number of benzene rings is 1. The predicted molar refractivity (Wildman–Crippen MR) is 84.8 cm³/mol. The van der Waals surface area contributed by atoms with Crippen molar-refractivity contribution in [2.45, 2.75) is 46.0 Å². The average molecular weight is 272 g/mol. The van der Waals surface area contributed by atoms with E-state index >= 15 is 0 Å². The Morgan fingerprint density at radius 1 is 1.11 bits per heavy atom. The van der Waals surface area contributed by atoms with Gasteiger partial charge in [-0.2, -0.15) is 0 Å². The summed E-state index contributed by atoms with van der Waals surface area (Å²) in [5.74, 6) is 1.63. The van der Waals surface area contributed by atoms with E-state index in [9.17, 15) is 0 Å². The topological polar surface area (TPSA) is 17.8 Å². The van der Waals surface area contributed by atoms with Gasteiger partial charge in [0.05, 0.1) is 8.07 Å². The van der Waals surface area contributed by atoms with Crippen molar-refractivity contribution in [1.29, 1.82) is 0 Å². The van der Waals surface area contributed by atoms with Gasteiger partial charge >= 0.3 is 0 Å². The summed E-state index contributed by atoms with van der Waals surface area (Å²) in [5.41, 5.74) is 1.35. The van der Waals surface area contributed by atoms with E-state index in [0.29, 0.717) is 5.92 Å². The largest absolute Gasteiger partial charge is 0.330 e. The molecule has 19 heavy (non-hydrogen) atoms. The van der Waals surface area contributed by atoms with Gasteiger partial charge in [-0.25, -0.2) is 4.98 Å². The zero-order chi connectivity index (χ0) is 14.0. The number of aromatic nitrogens is 2. The fourth-order valence-corrected chi connectivity index (χ4v) is 3.43. The Kier molecular flexibility index (Phi) is 3.95. The summed E-state index contributed by atoms with van der Waals surface area (Å²) < 4.78 is 2.24. The van der Waals surface area contributed by atoms with E-state index < -0.39 is 8.07 Å². The molecule has 1 heterocycles. The van der Waals surface area contributed by atoms with Crippen molar-refractivity contribution in [3.63, 3.8) is 0 Å². The Morgan fingerprint density at radius 2 is 1.74 bits per heavy atom. The van der Waals surface area contributed by atoms with Crippen LogP contribution in [0.25, 0.3) is 0 Å². The highest BCUT2D eigenvalue weighted by atomic mass is 28.3. The van der Waals surface area contributed by atoms with Crippen LogP contribution in [0.1, 0.15) is 31.2 Å². The highest BCUT2D eigenvalue weighted by Gasteiger charge is 2.15. The van der Waals surface area contributed by atoms with Crippen LogP contribution in [0.15, 0.2) is 36.7 Å². The zero-order valence-electron chi connectivity index (χ0n) is 12.6. The van der Waals surface area contributed by atoms with Crippen LogP contribution in [0.3, 0.4) is 0 Å². The molecule has 0 saturated carbocycles. The summed E-state index contributed by atoms with van der Waals surface area (Å²) in [4.78, 5) is 4.44. The Bertz CT molecular complexity index is 533. The SMILES string of the molecule is CC(C)c1nccn1Cc1ccc([Si](C)(C)C)cc1. The second-order valence-corrected chi connectivity index (χ2v) is 11.6. The summed E-state index contributed by atoms with van der Waals surface area (Å²) in [6.45, 7) is 12.4. The average Bonchev–Trinajstić information content (AvgIpc) is 2.77. The molecule has 0 unspecified atom stereocenters. The van der Waals surface area contributed by atoms with Crippen LogP contribution in [-0.2, 0) is 6.54 Å². The van der Waals surface area contributed by atoms with Gasteiger partial charge in [-0.05, 0) is 5.56 Å². The molecule has 0 atom stereocenters. The summed E-state index contributed by atoms with van der Waals surface area (Å²) in [6.07, 6.45) is 3.97. The van der Waals surface area contributed by atoms with Gasteiger partial charge in [-0.3, -0.25) is 0 Å². The molecular formula is C16H24N2Si. The van der Waals surface area contributed by atoms with Crippen molar-refractivity contribution in [3.05, 3.63) is 48.0 Å². The van der Waals surface area contributed by atoms with Crippen LogP contribution in [0.4, 0.5) is 0 Å². The lowest BCUT2D eigenvalue weighted by molar-refractivity contribution is 0.670. The zero-order valence-corrected chi connectivity index (χ0v) is 13.6. The third kappa shape index (κ3) is 3.35. The van der Waals surface area contributed by atoms with Crippen LogP contribution in [0.2, 0.25) is 19.6 Å². The molecule has 0 aliphatic carbocycles. The normalized spacial score (nSPS) is 12.1. The maximum absolute atomic E-state index is 4.44. The van der Waals surface area contributed by atoms with Gasteiger partial charge in [0, 0.05) is 24.9 Å². The maximum Gasteiger partial charge on any atom is 0.111 e. The van der Waals surface area contributed by atoms with E-state index in [1.165, 1.54) is 10.8 Å². The van der Waals surface area contributed by atoms with E-state index in [0.717, 1.165) is 12.4 Å². The van der Waals surface area contributed by atoms with Gasteiger partial charge in [0.25, 0.3) is 0 Å². The van der Waals surface area contributed by atoms with Crippen LogP contribution in [0.5, 0.6) is 0 Å². The molecular weight excluding hydrogens is 248 g/mol. The highest BCUT2D eigenvalue weighted by molar-refractivity contribution is 6.88. The van der Waals surface area contributed by atoms with Crippen LogP contribution >= 0.6 is 0 Å². The smallest absolute Gasteiger partial charge is 0.111 e. The minimum atomic E-state index is -1.18. The van der Waals surface area contributed by atoms with Crippen molar-refractivity contribution in [2.75, 3.05) is 0 Å². The lowest BCUT2D eigenvalue weighted by atomic mass is 10.2. The molecule has 0 fully saturated rings. The van der Waals surface area contributed by atoms with Crippen LogP contribution in [0, 0.1) is 0 Å². The van der Waals surface area contributed by atoms with E-state index in [-0.39, 0.29) is 0 Å². The quantitative estimate of drug-likeness (QED) is 0.778. The second kappa shape index (κ2) is 5.33. The van der Waals surface area contributed by atoms with Gasteiger partial charge in [0.15, 0.2) is 0 Å². The molecule has 2 nitrogen and oxygen atoms in total. The number of hydrogen-bond donors (Lipinski definition) is 0. The van der Waals surface area contributed by atoms with Crippen molar-refractivity contribution in [2.24, 2.45) is 0 Å². The summed E-state index contributed by atoms with van der Waals surface area (Å²) >= 11 is 0. The molecule has 0 saturated heterocycles. The molecule has 102 valence electrons. The van der Waals surface area contributed by atoms with Gasteiger partial charge in [-0.15, -0.1) is 0 Å². The molecule has 1 aromatic heterocycles. The maximum atomic E-state index is 4.44. The Morgan fingerprint density at radius 3 is 2.26 bits per heavy atom. The standard InChI is InChI=1S/C16H24N2Si/c1-13(2)16-17-10-11-18(16)12-14-6-8-15(9-7-14)19(3,4)5/h6-11,13H,12H2,1-5H3. The highest BCUT2D eigenvalue weighted by Crippen LogP contribution is 2.14. The molecule has 3 heteroatoms. The minimum absolute atomic E-state index is 0.469. The monoisotopic (exact) mass is 272 g/mol. The number of nitrogens with zero attached hydrogens (tertiary/aromatic N) is 2. The first-order valence-electron chi connectivity index (χ1n) is 6.98. The Labute approximate surface area is 117 Å². The predicted octanol–water partition coefficient (Wildman–Crippen LogP) is 3.60. The number of rotatable bonds is 4. The fraction of sp³-hybridized carbons (Fsp3) is 0.438. The third-order valence-electron chi connectivity index (χ3n) is 3.44. The molecule has 0 aliphatic rings. The molecule has 1 aromatic carbocycles. The first-order chi connectivity index (χ1) is 8.88. The molecule has 0 aliphatic heterocycles. The number of hydrogen-bond acceptors (Lipinski definition) is 1. The summed E-state index contributed by atoms with van der Waals surface area (Å²) in [7, 11) is -1.18.